The molecule has 2 heterocycles. The Kier molecular flexibility index (Phi) is 3.36. The number of hydrogen-bond acceptors (Lipinski definition) is 4. The lowest BCUT2D eigenvalue weighted by molar-refractivity contribution is -0.121. The molecule has 1 aromatic carbocycles. The summed E-state index contributed by atoms with van der Waals surface area (Å²) in [5, 5.41) is 4.35. The molecular weight excluding hydrogens is 336 g/mol. The van der Waals surface area contributed by atoms with Crippen LogP contribution in [0.5, 0.6) is 5.75 Å². The summed E-state index contributed by atoms with van der Waals surface area (Å²) < 4.78 is 8.13. The number of carbonyl (C=O) groups is 1. The monoisotopic (exact) mass is 350 g/mol. The van der Waals surface area contributed by atoms with Gasteiger partial charge < -0.3 is 10.5 Å². The number of halogens is 1. The van der Waals surface area contributed by atoms with Crippen molar-refractivity contribution in [2.45, 2.75) is 13.5 Å². The highest BCUT2D eigenvalue weighted by molar-refractivity contribution is 9.10. The number of rotatable bonds is 2. The zero-order valence-corrected chi connectivity index (χ0v) is 13.3. The average Bonchev–Trinajstić information content (AvgIpc) is 2.68. The Hall–Kier alpha value is -2.02. The molecule has 1 aliphatic rings. The van der Waals surface area contributed by atoms with Crippen LogP contribution in [-0.2, 0) is 18.4 Å². The first-order valence-corrected chi connectivity index (χ1v) is 7.27. The number of aryl methyl sites for hydroxylation is 2. The van der Waals surface area contributed by atoms with Gasteiger partial charge in [-0.1, -0.05) is 0 Å². The maximum atomic E-state index is 12.2. The molecule has 6 nitrogen and oxygen atoms in total. The van der Waals surface area contributed by atoms with Gasteiger partial charge in [-0.25, -0.2) is 0 Å². The molecule has 1 aliphatic heterocycles. The molecule has 0 bridgehead atoms. The largest absolute Gasteiger partial charge is 0.482 e. The molecule has 0 saturated heterocycles. The van der Waals surface area contributed by atoms with Gasteiger partial charge in [-0.15, -0.1) is 0 Å². The van der Waals surface area contributed by atoms with Crippen molar-refractivity contribution >= 4 is 33.2 Å². The maximum Gasteiger partial charge on any atom is 0.265 e. The second-order valence-corrected chi connectivity index (χ2v) is 5.76. The third-order valence-corrected chi connectivity index (χ3v) is 4.53. The molecule has 3 rings (SSSR count). The van der Waals surface area contributed by atoms with Crippen LogP contribution in [0.4, 0.5) is 11.4 Å². The lowest BCUT2D eigenvalue weighted by Gasteiger charge is -2.29. The van der Waals surface area contributed by atoms with E-state index in [2.05, 4.69) is 21.0 Å². The highest BCUT2D eigenvalue weighted by Crippen LogP contribution is 2.35. The number of benzene rings is 1. The van der Waals surface area contributed by atoms with E-state index in [-0.39, 0.29) is 12.5 Å². The molecule has 0 spiro atoms. The Labute approximate surface area is 130 Å². The number of nitrogen functional groups attached to an aromatic ring is 1. The lowest BCUT2D eigenvalue weighted by atomic mass is 10.2. The minimum Gasteiger partial charge on any atom is -0.482 e. The lowest BCUT2D eigenvalue weighted by Crippen LogP contribution is -2.38. The smallest absolute Gasteiger partial charge is 0.265 e. The zero-order chi connectivity index (χ0) is 15.1. The molecule has 0 aliphatic carbocycles. The van der Waals surface area contributed by atoms with Gasteiger partial charge in [0.25, 0.3) is 5.91 Å². The summed E-state index contributed by atoms with van der Waals surface area (Å²) in [4.78, 5) is 13.9. The fraction of sp³-hybridized carbons (Fsp3) is 0.286. The van der Waals surface area contributed by atoms with Crippen LogP contribution in [0.2, 0.25) is 0 Å². The predicted molar refractivity (Wildman–Crippen MR) is 83.2 cm³/mol. The highest BCUT2D eigenvalue weighted by atomic mass is 79.9. The van der Waals surface area contributed by atoms with E-state index < -0.39 is 0 Å². The van der Waals surface area contributed by atoms with Crippen molar-refractivity contribution in [2.75, 3.05) is 17.2 Å². The van der Waals surface area contributed by atoms with Crippen LogP contribution in [0.3, 0.4) is 0 Å². The van der Waals surface area contributed by atoms with Crippen molar-refractivity contribution in [3.63, 3.8) is 0 Å². The van der Waals surface area contributed by atoms with Crippen LogP contribution < -0.4 is 15.4 Å². The normalized spacial score (nSPS) is 14.0. The zero-order valence-electron chi connectivity index (χ0n) is 11.8. The fourth-order valence-electron chi connectivity index (χ4n) is 2.39. The Morgan fingerprint density at radius 3 is 2.90 bits per heavy atom. The van der Waals surface area contributed by atoms with Crippen LogP contribution in [-0.4, -0.2) is 22.3 Å². The van der Waals surface area contributed by atoms with Gasteiger partial charge in [0.2, 0.25) is 0 Å². The van der Waals surface area contributed by atoms with Gasteiger partial charge in [0.05, 0.1) is 28.1 Å². The van der Waals surface area contributed by atoms with Crippen LogP contribution in [0.15, 0.2) is 22.7 Å². The molecule has 21 heavy (non-hydrogen) atoms. The Morgan fingerprint density at radius 1 is 1.48 bits per heavy atom. The summed E-state index contributed by atoms with van der Waals surface area (Å²) in [6.07, 6.45) is 0. The summed E-state index contributed by atoms with van der Waals surface area (Å²) in [6, 6.07) is 5.30. The molecule has 1 aromatic heterocycles. The Balaban J connectivity index is 2.02. The summed E-state index contributed by atoms with van der Waals surface area (Å²) in [5.41, 5.74) is 8.93. The third-order valence-electron chi connectivity index (χ3n) is 3.50. The van der Waals surface area contributed by atoms with E-state index in [4.69, 9.17) is 10.5 Å². The molecule has 0 radical (unpaired) electrons. The third kappa shape index (κ3) is 2.37. The number of hydrogen-bond donors (Lipinski definition) is 1. The van der Waals surface area contributed by atoms with Crippen LogP contribution in [0.1, 0.15) is 11.4 Å². The van der Waals surface area contributed by atoms with Crippen LogP contribution in [0.25, 0.3) is 0 Å². The van der Waals surface area contributed by atoms with Gasteiger partial charge >= 0.3 is 0 Å². The number of fused-ring (bicyclic) bond motifs is 1. The van der Waals surface area contributed by atoms with Gasteiger partial charge in [0.1, 0.15) is 5.75 Å². The summed E-state index contributed by atoms with van der Waals surface area (Å²) in [7, 11) is 1.86. The number of ether oxygens (including phenoxy) is 1. The van der Waals surface area contributed by atoms with Gasteiger partial charge in [0.15, 0.2) is 6.61 Å². The first kappa shape index (κ1) is 13.9. The molecular formula is C14H15BrN4O2. The first-order chi connectivity index (χ1) is 9.97. The van der Waals surface area contributed by atoms with Crippen molar-refractivity contribution in [2.24, 2.45) is 7.05 Å². The summed E-state index contributed by atoms with van der Waals surface area (Å²) in [5.74, 6) is 0.567. The van der Waals surface area contributed by atoms with Crippen molar-refractivity contribution in [1.29, 1.82) is 0 Å². The molecule has 0 fully saturated rings. The van der Waals surface area contributed by atoms with Gasteiger partial charge in [0, 0.05) is 12.7 Å². The quantitative estimate of drug-likeness (QED) is 0.840. The van der Waals surface area contributed by atoms with E-state index >= 15 is 0 Å². The van der Waals surface area contributed by atoms with Crippen molar-refractivity contribution in [3.8, 4) is 5.75 Å². The average molecular weight is 351 g/mol. The Bertz CT molecular complexity index is 726. The van der Waals surface area contributed by atoms with Crippen molar-refractivity contribution in [1.82, 2.24) is 9.78 Å². The number of carbonyl (C=O) groups excluding carboxylic acids is 1. The molecule has 2 N–H and O–H groups in total. The summed E-state index contributed by atoms with van der Waals surface area (Å²) in [6.45, 7) is 2.36. The molecule has 7 heteroatoms. The van der Waals surface area contributed by atoms with E-state index in [1.807, 2.05) is 14.0 Å². The molecule has 0 atom stereocenters. The van der Waals surface area contributed by atoms with Crippen LogP contribution >= 0.6 is 15.9 Å². The number of nitrogens with zero attached hydrogens (tertiary/aromatic N) is 3. The topological polar surface area (TPSA) is 73.4 Å². The number of amides is 1. The van der Waals surface area contributed by atoms with Gasteiger partial charge in [-0.2, -0.15) is 5.10 Å². The number of nitrogens with two attached hydrogens (primary N) is 1. The first-order valence-electron chi connectivity index (χ1n) is 6.48. The number of aromatic nitrogens is 2. The molecule has 0 unspecified atom stereocenters. The van der Waals surface area contributed by atoms with Crippen LogP contribution in [0, 0.1) is 6.92 Å². The summed E-state index contributed by atoms with van der Waals surface area (Å²) >= 11 is 3.52. The minimum atomic E-state index is -0.0983. The van der Waals surface area contributed by atoms with E-state index in [9.17, 15) is 4.79 Å². The predicted octanol–water partition coefficient (Wildman–Crippen LogP) is 2.00. The van der Waals surface area contributed by atoms with Crippen molar-refractivity contribution < 1.29 is 9.53 Å². The second kappa shape index (κ2) is 5.07. The Morgan fingerprint density at radius 2 is 2.24 bits per heavy atom. The number of anilines is 2. The van der Waals surface area contributed by atoms with Gasteiger partial charge in [-0.05, 0) is 41.1 Å². The van der Waals surface area contributed by atoms with E-state index in [1.54, 1.807) is 27.8 Å². The maximum absolute atomic E-state index is 12.2. The molecule has 1 amide bonds. The van der Waals surface area contributed by atoms with E-state index in [0.29, 0.717) is 23.7 Å². The minimum absolute atomic E-state index is 0.0331. The second-order valence-electron chi connectivity index (χ2n) is 4.97. The fourth-order valence-corrected chi connectivity index (χ4v) is 2.86. The van der Waals surface area contributed by atoms with Crippen molar-refractivity contribution in [3.05, 3.63) is 34.1 Å². The molecule has 0 saturated carbocycles. The van der Waals surface area contributed by atoms with E-state index in [0.717, 1.165) is 15.9 Å². The standard InChI is InChI=1S/C14H15BrN4O2/c1-8-14(15)11(18(2)17-8)6-19-10-5-9(16)3-4-12(10)21-7-13(19)20/h3-5H,6-7,16H2,1-2H3. The molecule has 110 valence electrons. The van der Waals surface area contributed by atoms with E-state index in [1.165, 1.54) is 0 Å². The molecule has 2 aromatic rings. The highest BCUT2D eigenvalue weighted by Gasteiger charge is 2.27. The SMILES string of the molecule is Cc1nn(C)c(CN2C(=O)COc3ccc(N)cc32)c1Br. The van der Waals surface area contributed by atoms with Gasteiger partial charge in [-0.3, -0.25) is 14.4 Å².